The summed E-state index contributed by atoms with van der Waals surface area (Å²) in [5.41, 5.74) is 6.06. The third-order valence-corrected chi connectivity index (χ3v) is 5.20. The summed E-state index contributed by atoms with van der Waals surface area (Å²) in [6.45, 7) is 6.12. The van der Waals surface area contributed by atoms with Gasteiger partial charge in [-0.05, 0) is 50.7 Å². The molecule has 2 rings (SSSR count). The van der Waals surface area contributed by atoms with E-state index in [9.17, 15) is 4.79 Å². The fraction of sp³-hybridized carbons (Fsp3) is 0.938. The second kappa shape index (κ2) is 7.41. The van der Waals surface area contributed by atoms with Gasteiger partial charge in [-0.1, -0.05) is 26.2 Å². The topological polar surface area (TPSA) is 58.4 Å². The van der Waals surface area contributed by atoms with Crippen LogP contribution in [0.25, 0.3) is 0 Å². The summed E-state index contributed by atoms with van der Waals surface area (Å²) in [5, 5.41) is 3.25. The molecule has 1 unspecified atom stereocenters. The van der Waals surface area contributed by atoms with Crippen LogP contribution in [0.1, 0.15) is 58.3 Å². The van der Waals surface area contributed by atoms with Crippen LogP contribution in [-0.4, -0.2) is 43.0 Å². The minimum Gasteiger partial charge on any atom is -0.352 e. The third-order valence-electron chi connectivity index (χ3n) is 5.20. The van der Waals surface area contributed by atoms with Crippen molar-refractivity contribution in [2.75, 3.05) is 26.2 Å². The van der Waals surface area contributed by atoms with Crippen LogP contribution in [0.4, 0.5) is 0 Å². The Bertz CT molecular complexity index is 313. The van der Waals surface area contributed by atoms with E-state index in [4.69, 9.17) is 5.73 Å². The monoisotopic (exact) mass is 281 g/mol. The fourth-order valence-electron chi connectivity index (χ4n) is 3.83. The number of likely N-dealkylation sites (N-methyl/N-ethyl adjacent to an activating group) is 1. The summed E-state index contributed by atoms with van der Waals surface area (Å²) in [4.78, 5) is 14.8. The van der Waals surface area contributed by atoms with Crippen molar-refractivity contribution in [2.45, 2.75) is 64.3 Å². The molecule has 0 aromatic carbocycles. The Kier molecular flexibility index (Phi) is 5.85. The molecule has 0 bridgehead atoms. The minimum absolute atomic E-state index is 0.0848. The predicted molar refractivity (Wildman–Crippen MR) is 82.5 cm³/mol. The Morgan fingerprint density at radius 1 is 1.30 bits per heavy atom. The third kappa shape index (κ3) is 4.19. The molecule has 4 nitrogen and oxygen atoms in total. The molecule has 1 atom stereocenters. The zero-order valence-corrected chi connectivity index (χ0v) is 13.0. The first-order valence-corrected chi connectivity index (χ1v) is 8.39. The van der Waals surface area contributed by atoms with E-state index in [0.29, 0.717) is 19.0 Å². The highest BCUT2D eigenvalue weighted by Gasteiger charge is 2.33. The quantitative estimate of drug-likeness (QED) is 0.809. The summed E-state index contributed by atoms with van der Waals surface area (Å²) in [6, 6.07) is 0.342. The van der Waals surface area contributed by atoms with Gasteiger partial charge >= 0.3 is 0 Å². The average Bonchev–Trinajstić information content (AvgIpc) is 2.48. The Labute approximate surface area is 123 Å². The van der Waals surface area contributed by atoms with Crippen molar-refractivity contribution in [1.82, 2.24) is 10.2 Å². The van der Waals surface area contributed by atoms with Crippen molar-refractivity contribution in [3.8, 4) is 0 Å². The van der Waals surface area contributed by atoms with Crippen LogP contribution >= 0.6 is 0 Å². The minimum atomic E-state index is 0.0848. The first kappa shape index (κ1) is 15.8. The Hall–Kier alpha value is -0.610. The average molecular weight is 281 g/mol. The Balaban J connectivity index is 1.81. The number of likely N-dealkylation sites (tertiary alicyclic amines) is 1. The van der Waals surface area contributed by atoms with Gasteiger partial charge in [0.2, 0.25) is 5.91 Å². The van der Waals surface area contributed by atoms with E-state index >= 15 is 0 Å². The highest BCUT2D eigenvalue weighted by Crippen LogP contribution is 2.38. The smallest absolute Gasteiger partial charge is 0.220 e. The molecule has 20 heavy (non-hydrogen) atoms. The second-order valence-corrected chi connectivity index (χ2v) is 6.74. The van der Waals surface area contributed by atoms with Crippen molar-refractivity contribution in [3.63, 3.8) is 0 Å². The summed E-state index contributed by atoms with van der Waals surface area (Å²) in [5.74, 6) is 0.223. The van der Waals surface area contributed by atoms with E-state index in [0.717, 1.165) is 32.4 Å². The van der Waals surface area contributed by atoms with E-state index < -0.39 is 0 Å². The largest absolute Gasteiger partial charge is 0.352 e. The van der Waals surface area contributed by atoms with Crippen LogP contribution in [0.15, 0.2) is 0 Å². The van der Waals surface area contributed by atoms with E-state index in [1.165, 1.54) is 32.2 Å². The summed E-state index contributed by atoms with van der Waals surface area (Å²) < 4.78 is 0. The highest BCUT2D eigenvalue weighted by molar-refractivity contribution is 5.77. The fourth-order valence-corrected chi connectivity index (χ4v) is 3.83. The Morgan fingerprint density at radius 2 is 2.05 bits per heavy atom. The molecule has 1 aliphatic carbocycles. The second-order valence-electron chi connectivity index (χ2n) is 6.74. The standard InChI is InChI=1S/C16H31N3O/c1-2-19-10-6-7-14(12-19)18-15(20)11-16(13-17)8-4-3-5-9-16/h14H,2-13,17H2,1H3,(H,18,20). The van der Waals surface area contributed by atoms with Crippen LogP contribution in [-0.2, 0) is 4.79 Å². The van der Waals surface area contributed by atoms with E-state index in [1.54, 1.807) is 0 Å². The number of amides is 1. The van der Waals surface area contributed by atoms with Gasteiger partial charge in [-0.25, -0.2) is 0 Å². The van der Waals surface area contributed by atoms with E-state index in [1.807, 2.05) is 0 Å². The summed E-state index contributed by atoms with van der Waals surface area (Å²) >= 11 is 0. The van der Waals surface area contributed by atoms with Crippen LogP contribution in [0.2, 0.25) is 0 Å². The number of nitrogens with zero attached hydrogens (tertiary/aromatic N) is 1. The molecule has 0 radical (unpaired) electrons. The molecule has 2 aliphatic rings. The molecule has 116 valence electrons. The van der Waals surface area contributed by atoms with E-state index in [2.05, 4.69) is 17.1 Å². The van der Waals surface area contributed by atoms with Gasteiger partial charge in [0.15, 0.2) is 0 Å². The van der Waals surface area contributed by atoms with Gasteiger partial charge in [0.1, 0.15) is 0 Å². The molecule has 1 saturated carbocycles. The van der Waals surface area contributed by atoms with Gasteiger partial charge in [0, 0.05) is 19.0 Å². The predicted octanol–water partition coefficient (Wildman–Crippen LogP) is 1.89. The number of nitrogens with two attached hydrogens (primary N) is 1. The lowest BCUT2D eigenvalue weighted by Gasteiger charge is -2.37. The first-order valence-electron chi connectivity index (χ1n) is 8.39. The number of carbonyl (C=O) groups is 1. The number of rotatable bonds is 5. The lowest BCUT2D eigenvalue weighted by atomic mass is 9.71. The lowest BCUT2D eigenvalue weighted by molar-refractivity contribution is -0.125. The van der Waals surface area contributed by atoms with Crippen molar-refractivity contribution in [3.05, 3.63) is 0 Å². The molecule has 2 fully saturated rings. The van der Waals surface area contributed by atoms with Crippen molar-refractivity contribution in [2.24, 2.45) is 11.1 Å². The molecular formula is C16H31N3O. The summed E-state index contributed by atoms with van der Waals surface area (Å²) in [7, 11) is 0. The van der Waals surface area contributed by atoms with Crippen molar-refractivity contribution < 1.29 is 4.79 Å². The molecule has 0 aromatic rings. The van der Waals surface area contributed by atoms with E-state index in [-0.39, 0.29) is 11.3 Å². The maximum atomic E-state index is 12.4. The number of carbonyl (C=O) groups excluding carboxylic acids is 1. The number of hydrogen-bond donors (Lipinski definition) is 2. The number of piperidine rings is 1. The maximum absolute atomic E-state index is 12.4. The highest BCUT2D eigenvalue weighted by atomic mass is 16.1. The zero-order valence-electron chi connectivity index (χ0n) is 13.0. The normalized spacial score (nSPS) is 27.2. The molecule has 4 heteroatoms. The molecule has 0 spiro atoms. The molecule has 3 N–H and O–H groups in total. The maximum Gasteiger partial charge on any atom is 0.220 e. The molecular weight excluding hydrogens is 250 g/mol. The molecule has 1 amide bonds. The first-order chi connectivity index (χ1) is 9.67. The van der Waals surface area contributed by atoms with Crippen LogP contribution in [0.5, 0.6) is 0 Å². The van der Waals surface area contributed by atoms with Crippen LogP contribution in [0, 0.1) is 5.41 Å². The molecule has 0 aromatic heterocycles. The number of nitrogens with one attached hydrogen (secondary N) is 1. The van der Waals surface area contributed by atoms with Gasteiger partial charge in [0.25, 0.3) is 0 Å². The Morgan fingerprint density at radius 3 is 2.70 bits per heavy atom. The van der Waals surface area contributed by atoms with Gasteiger partial charge in [-0.3, -0.25) is 4.79 Å². The molecule has 1 saturated heterocycles. The van der Waals surface area contributed by atoms with Crippen molar-refractivity contribution >= 4 is 5.91 Å². The zero-order chi connectivity index (χ0) is 14.4. The van der Waals surface area contributed by atoms with Gasteiger partial charge in [-0.2, -0.15) is 0 Å². The van der Waals surface area contributed by atoms with Gasteiger partial charge < -0.3 is 16.0 Å². The SMILES string of the molecule is CCN1CCCC(NC(=O)CC2(CN)CCCCC2)C1. The van der Waals surface area contributed by atoms with Gasteiger partial charge in [0.05, 0.1) is 0 Å². The lowest BCUT2D eigenvalue weighted by Crippen LogP contribution is -2.49. The summed E-state index contributed by atoms with van der Waals surface area (Å²) in [6.07, 6.45) is 8.97. The molecule has 1 heterocycles. The van der Waals surface area contributed by atoms with Gasteiger partial charge in [-0.15, -0.1) is 0 Å². The van der Waals surface area contributed by atoms with Crippen molar-refractivity contribution in [1.29, 1.82) is 0 Å². The number of hydrogen-bond acceptors (Lipinski definition) is 3. The van der Waals surface area contributed by atoms with Crippen LogP contribution in [0.3, 0.4) is 0 Å². The molecule has 1 aliphatic heterocycles. The van der Waals surface area contributed by atoms with Crippen LogP contribution < -0.4 is 11.1 Å².